The molecule has 0 radical (unpaired) electrons. The van der Waals surface area contributed by atoms with Crippen LogP contribution in [0.25, 0.3) is 11.1 Å². The lowest BCUT2D eigenvalue weighted by molar-refractivity contribution is 0.282. The van der Waals surface area contributed by atoms with Crippen molar-refractivity contribution in [2.45, 2.75) is 13.0 Å². The van der Waals surface area contributed by atoms with Crippen molar-refractivity contribution in [3.63, 3.8) is 0 Å². The molecule has 1 heterocycles. The molecule has 0 fully saturated rings. The molecule has 0 spiro atoms. The highest BCUT2D eigenvalue weighted by Gasteiger charge is 2.04. The van der Waals surface area contributed by atoms with Crippen LogP contribution in [0.1, 0.15) is 11.5 Å². The van der Waals surface area contributed by atoms with E-state index in [0.29, 0.717) is 18.9 Å². The fourth-order valence-electron chi connectivity index (χ4n) is 1.35. The summed E-state index contributed by atoms with van der Waals surface area (Å²) in [5, 5.41) is 8.93. The maximum Gasteiger partial charge on any atom is 0.196 e. The number of nitrogens with zero attached hydrogens (tertiary/aromatic N) is 1. The topological polar surface area (TPSA) is 72.3 Å². The Balaban J connectivity index is 2.43. The van der Waals surface area contributed by atoms with E-state index >= 15 is 0 Å². The van der Waals surface area contributed by atoms with Gasteiger partial charge in [-0.1, -0.05) is 6.07 Å². The monoisotopic (exact) mass is 192 g/mol. The van der Waals surface area contributed by atoms with Gasteiger partial charge < -0.3 is 15.3 Å². The summed E-state index contributed by atoms with van der Waals surface area (Å²) in [4.78, 5) is 4.25. The number of aliphatic hydroxyl groups excluding tert-OH is 1. The fraction of sp³-hybridized carbons (Fsp3) is 0.300. The summed E-state index contributed by atoms with van der Waals surface area (Å²) in [7, 11) is 0. The number of aliphatic hydroxyl groups is 1. The van der Waals surface area contributed by atoms with Gasteiger partial charge in [-0.3, -0.25) is 0 Å². The molecule has 4 heteroatoms. The predicted octanol–water partition coefficient (Wildman–Crippen LogP) is 0.821. The van der Waals surface area contributed by atoms with E-state index in [0.717, 1.165) is 16.7 Å². The Morgan fingerprint density at radius 1 is 1.43 bits per heavy atom. The van der Waals surface area contributed by atoms with Gasteiger partial charge in [0.2, 0.25) is 0 Å². The van der Waals surface area contributed by atoms with E-state index in [1.807, 2.05) is 18.2 Å². The van der Waals surface area contributed by atoms with Gasteiger partial charge in [-0.25, -0.2) is 4.98 Å². The molecular weight excluding hydrogens is 180 g/mol. The van der Waals surface area contributed by atoms with Crippen LogP contribution in [0, 0.1) is 0 Å². The second kappa shape index (κ2) is 3.77. The van der Waals surface area contributed by atoms with E-state index < -0.39 is 0 Å². The number of nitrogens with two attached hydrogens (primary N) is 1. The van der Waals surface area contributed by atoms with Gasteiger partial charge in [0.25, 0.3) is 0 Å². The van der Waals surface area contributed by atoms with Crippen LogP contribution in [-0.4, -0.2) is 16.6 Å². The Hall–Kier alpha value is -1.39. The van der Waals surface area contributed by atoms with E-state index in [2.05, 4.69) is 4.98 Å². The fourth-order valence-corrected chi connectivity index (χ4v) is 1.35. The Labute approximate surface area is 81.4 Å². The standard InChI is InChI=1S/C10H12N2O2/c11-4-3-10-12-8-5-7(6-13)1-2-9(8)14-10/h1-2,5,13H,3-4,6,11H2. The van der Waals surface area contributed by atoms with Gasteiger partial charge in [0.05, 0.1) is 6.61 Å². The Bertz CT molecular complexity index is 437. The summed E-state index contributed by atoms with van der Waals surface area (Å²) < 4.78 is 5.44. The molecule has 0 saturated carbocycles. The maximum atomic E-state index is 8.93. The molecule has 2 aromatic rings. The van der Waals surface area contributed by atoms with Gasteiger partial charge in [0.15, 0.2) is 11.5 Å². The second-order valence-electron chi connectivity index (χ2n) is 3.11. The summed E-state index contributed by atoms with van der Waals surface area (Å²) in [5.41, 5.74) is 7.76. The first-order valence-electron chi connectivity index (χ1n) is 4.53. The van der Waals surface area contributed by atoms with Crippen molar-refractivity contribution in [1.82, 2.24) is 4.98 Å². The van der Waals surface area contributed by atoms with Crippen LogP contribution < -0.4 is 5.73 Å². The predicted molar refractivity (Wildman–Crippen MR) is 52.7 cm³/mol. The van der Waals surface area contributed by atoms with Crippen molar-refractivity contribution in [2.75, 3.05) is 6.54 Å². The Morgan fingerprint density at radius 2 is 2.29 bits per heavy atom. The number of aromatic nitrogens is 1. The zero-order valence-electron chi connectivity index (χ0n) is 7.73. The van der Waals surface area contributed by atoms with Crippen molar-refractivity contribution >= 4 is 11.1 Å². The normalized spacial score (nSPS) is 11.0. The highest BCUT2D eigenvalue weighted by Crippen LogP contribution is 2.17. The Kier molecular flexibility index (Phi) is 2.47. The van der Waals surface area contributed by atoms with Gasteiger partial charge in [-0.15, -0.1) is 0 Å². The zero-order valence-corrected chi connectivity index (χ0v) is 7.73. The minimum Gasteiger partial charge on any atom is -0.441 e. The first-order valence-corrected chi connectivity index (χ1v) is 4.53. The van der Waals surface area contributed by atoms with Crippen molar-refractivity contribution in [3.8, 4) is 0 Å². The third-order valence-electron chi connectivity index (χ3n) is 2.04. The lowest BCUT2D eigenvalue weighted by atomic mass is 10.2. The largest absolute Gasteiger partial charge is 0.441 e. The lowest BCUT2D eigenvalue weighted by Crippen LogP contribution is -2.02. The third kappa shape index (κ3) is 1.62. The summed E-state index contributed by atoms with van der Waals surface area (Å²) in [6.45, 7) is 0.550. The quantitative estimate of drug-likeness (QED) is 0.755. The molecule has 74 valence electrons. The first kappa shape index (κ1) is 9.18. The smallest absolute Gasteiger partial charge is 0.196 e. The van der Waals surface area contributed by atoms with Crippen LogP contribution in [0.2, 0.25) is 0 Å². The summed E-state index contributed by atoms with van der Waals surface area (Å²) in [6.07, 6.45) is 0.642. The zero-order chi connectivity index (χ0) is 9.97. The molecular formula is C10H12N2O2. The van der Waals surface area contributed by atoms with Crippen LogP contribution >= 0.6 is 0 Å². The van der Waals surface area contributed by atoms with Crippen LogP contribution in [0.4, 0.5) is 0 Å². The molecule has 2 rings (SSSR count). The van der Waals surface area contributed by atoms with E-state index in [1.165, 1.54) is 0 Å². The van der Waals surface area contributed by atoms with Crippen molar-refractivity contribution in [3.05, 3.63) is 29.7 Å². The number of benzene rings is 1. The van der Waals surface area contributed by atoms with Gasteiger partial charge >= 0.3 is 0 Å². The number of oxazole rings is 1. The van der Waals surface area contributed by atoms with Crippen LogP contribution in [0.3, 0.4) is 0 Å². The molecule has 0 amide bonds. The van der Waals surface area contributed by atoms with Crippen molar-refractivity contribution < 1.29 is 9.52 Å². The highest BCUT2D eigenvalue weighted by molar-refractivity contribution is 5.73. The van der Waals surface area contributed by atoms with E-state index in [-0.39, 0.29) is 6.61 Å². The molecule has 1 aromatic carbocycles. The molecule has 0 bridgehead atoms. The molecule has 0 unspecified atom stereocenters. The lowest BCUT2D eigenvalue weighted by Gasteiger charge is -1.92. The molecule has 0 saturated heterocycles. The molecule has 0 aliphatic rings. The third-order valence-corrected chi connectivity index (χ3v) is 2.04. The number of hydrogen-bond acceptors (Lipinski definition) is 4. The average Bonchev–Trinajstić information content (AvgIpc) is 2.59. The summed E-state index contributed by atoms with van der Waals surface area (Å²) in [5.74, 6) is 0.651. The minimum atomic E-state index is 0.0228. The molecule has 3 N–H and O–H groups in total. The second-order valence-corrected chi connectivity index (χ2v) is 3.11. The van der Waals surface area contributed by atoms with Crippen LogP contribution in [0.5, 0.6) is 0 Å². The molecule has 0 aliphatic heterocycles. The molecule has 0 aliphatic carbocycles. The molecule has 14 heavy (non-hydrogen) atoms. The summed E-state index contributed by atoms with van der Waals surface area (Å²) >= 11 is 0. The molecule has 4 nitrogen and oxygen atoms in total. The SMILES string of the molecule is NCCc1nc2cc(CO)ccc2o1. The number of rotatable bonds is 3. The van der Waals surface area contributed by atoms with Gasteiger partial charge in [0.1, 0.15) is 5.52 Å². The van der Waals surface area contributed by atoms with Gasteiger partial charge in [0, 0.05) is 13.0 Å². The number of fused-ring (bicyclic) bond motifs is 1. The average molecular weight is 192 g/mol. The van der Waals surface area contributed by atoms with Crippen molar-refractivity contribution in [2.24, 2.45) is 5.73 Å². The van der Waals surface area contributed by atoms with Crippen LogP contribution in [0.15, 0.2) is 22.6 Å². The summed E-state index contributed by atoms with van der Waals surface area (Å²) in [6, 6.07) is 5.45. The molecule has 0 atom stereocenters. The van der Waals surface area contributed by atoms with E-state index in [4.69, 9.17) is 15.3 Å². The molecule has 1 aromatic heterocycles. The minimum absolute atomic E-state index is 0.0228. The highest BCUT2D eigenvalue weighted by atomic mass is 16.3. The Morgan fingerprint density at radius 3 is 3.00 bits per heavy atom. The van der Waals surface area contributed by atoms with Gasteiger partial charge in [-0.2, -0.15) is 0 Å². The van der Waals surface area contributed by atoms with Crippen LogP contribution in [-0.2, 0) is 13.0 Å². The first-order chi connectivity index (χ1) is 6.83. The van der Waals surface area contributed by atoms with Crippen molar-refractivity contribution in [1.29, 1.82) is 0 Å². The maximum absolute atomic E-state index is 8.93. The van der Waals surface area contributed by atoms with E-state index in [1.54, 1.807) is 0 Å². The number of hydrogen-bond donors (Lipinski definition) is 2. The van der Waals surface area contributed by atoms with Gasteiger partial charge in [-0.05, 0) is 17.7 Å². The van der Waals surface area contributed by atoms with E-state index in [9.17, 15) is 0 Å².